The number of amides is 1. The van der Waals surface area contributed by atoms with E-state index in [2.05, 4.69) is 83.7 Å². The highest BCUT2D eigenvalue weighted by Crippen LogP contribution is 2.30. The molecule has 0 bridgehead atoms. The molecule has 188 valence electrons. The van der Waals surface area contributed by atoms with Gasteiger partial charge in [0.2, 0.25) is 5.91 Å². The summed E-state index contributed by atoms with van der Waals surface area (Å²) in [5, 5.41) is 9.63. The number of hydrogen-bond donors (Lipinski definition) is 2. The fraction of sp³-hybridized carbons (Fsp3) is 0.500. The van der Waals surface area contributed by atoms with E-state index in [1.165, 1.54) is 42.0 Å². The van der Waals surface area contributed by atoms with Crippen molar-refractivity contribution in [3.05, 3.63) is 72.8 Å². The quantitative estimate of drug-likeness (QED) is 0.359. The molecule has 2 aromatic carbocycles. The number of carbonyl (C=O) groups excluding carboxylic acids is 1. The Bertz CT molecular complexity index is 957. The van der Waals surface area contributed by atoms with E-state index >= 15 is 0 Å². The van der Waals surface area contributed by atoms with Crippen LogP contribution in [0, 0.1) is 11.8 Å². The highest BCUT2D eigenvalue weighted by atomic mass is 16.1. The Kier molecular flexibility index (Phi) is 10.4. The normalized spacial score (nSPS) is 20.5. The van der Waals surface area contributed by atoms with Gasteiger partial charge in [0.05, 0.1) is 5.92 Å². The first-order chi connectivity index (χ1) is 16.5. The van der Waals surface area contributed by atoms with Gasteiger partial charge in [-0.3, -0.25) is 4.79 Å². The molecule has 3 rings (SSSR count). The molecule has 4 nitrogen and oxygen atoms in total. The molecule has 0 aliphatic heterocycles. The summed E-state index contributed by atoms with van der Waals surface area (Å²) in [7, 11) is 4.03. The second kappa shape index (κ2) is 13.5. The fourth-order valence-corrected chi connectivity index (χ4v) is 5.15. The van der Waals surface area contributed by atoms with E-state index in [1.54, 1.807) is 0 Å². The van der Waals surface area contributed by atoms with Crippen LogP contribution >= 0.6 is 0 Å². The number of nitrogens with zero attached hydrogens (tertiary/aromatic N) is 1. The molecule has 0 heterocycles. The molecule has 1 aliphatic carbocycles. The number of rotatable bonds is 12. The number of fused-ring (bicyclic) bond motifs is 1. The lowest BCUT2D eigenvalue weighted by molar-refractivity contribution is -0.123. The average molecular weight is 466 g/mol. The molecule has 4 heteroatoms. The minimum absolute atomic E-state index is 0. The predicted molar refractivity (Wildman–Crippen MR) is 149 cm³/mol. The summed E-state index contributed by atoms with van der Waals surface area (Å²) in [4.78, 5) is 14.6. The molecule has 34 heavy (non-hydrogen) atoms. The molecule has 4 atom stereocenters. The number of likely N-dealkylation sites (N-methyl/N-ethyl adjacent to an activating group) is 1. The van der Waals surface area contributed by atoms with Crippen molar-refractivity contribution in [1.29, 1.82) is 0 Å². The number of benzene rings is 2. The third-order valence-corrected chi connectivity index (χ3v) is 7.01. The number of nitrogens with one attached hydrogen (secondary N) is 2. The van der Waals surface area contributed by atoms with Gasteiger partial charge in [-0.15, -0.1) is 6.58 Å². The van der Waals surface area contributed by atoms with Crippen LogP contribution in [0.1, 0.15) is 59.9 Å². The minimum atomic E-state index is -0.122. The maximum Gasteiger partial charge on any atom is 0.227 e. The SMILES string of the molecule is C=CCC(/C=C\CC1CCCC(N[C@H](C)c2cccc3ccccc23)C1)C(=O)NCCN(C)C.[HH].[HH]. The molecule has 2 aromatic rings. The Morgan fingerprint density at radius 2 is 2.00 bits per heavy atom. The van der Waals surface area contributed by atoms with E-state index in [1.807, 2.05) is 20.2 Å². The van der Waals surface area contributed by atoms with Gasteiger partial charge in [-0.05, 0) is 69.0 Å². The largest absolute Gasteiger partial charge is 0.354 e. The van der Waals surface area contributed by atoms with Gasteiger partial charge >= 0.3 is 0 Å². The second-order valence-corrected chi connectivity index (χ2v) is 10.1. The molecule has 2 N–H and O–H groups in total. The highest BCUT2D eigenvalue weighted by Gasteiger charge is 2.23. The van der Waals surface area contributed by atoms with Gasteiger partial charge in [-0.2, -0.15) is 0 Å². The van der Waals surface area contributed by atoms with Gasteiger partial charge in [0.15, 0.2) is 0 Å². The van der Waals surface area contributed by atoms with Crippen LogP contribution in [0.25, 0.3) is 10.8 Å². The molecule has 1 aliphatic rings. The molecule has 0 radical (unpaired) electrons. The fourth-order valence-electron chi connectivity index (χ4n) is 5.15. The van der Waals surface area contributed by atoms with Crippen molar-refractivity contribution in [2.24, 2.45) is 11.8 Å². The van der Waals surface area contributed by atoms with Gasteiger partial charge in [-0.1, -0.05) is 73.5 Å². The predicted octanol–water partition coefficient (Wildman–Crippen LogP) is 6.36. The molecule has 1 saturated carbocycles. The minimum Gasteiger partial charge on any atom is -0.354 e. The van der Waals surface area contributed by atoms with Crippen LogP contribution in [-0.2, 0) is 4.79 Å². The molecule has 0 aromatic heterocycles. The van der Waals surface area contributed by atoms with Crippen LogP contribution in [0.5, 0.6) is 0 Å². The highest BCUT2D eigenvalue weighted by molar-refractivity contribution is 5.86. The Labute approximate surface area is 209 Å². The topological polar surface area (TPSA) is 44.4 Å². The van der Waals surface area contributed by atoms with Gasteiger partial charge in [-0.25, -0.2) is 0 Å². The average Bonchev–Trinajstić information content (AvgIpc) is 2.83. The van der Waals surface area contributed by atoms with E-state index in [4.69, 9.17) is 0 Å². The molecular formula is C30H47N3O. The van der Waals surface area contributed by atoms with Gasteiger partial charge in [0.1, 0.15) is 0 Å². The van der Waals surface area contributed by atoms with Gasteiger partial charge < -0.3 is 15.5 Å². The number of hydrogen-bond acceptors (Lipinski definition) is 3. The Morgan fingerprint density at radius 1 is 1.21 bits per heavy atom. The van der Waals surface area contributed by atoms with Gasteiger partial charge in [0, 0.05) is 28.0 Å². The summed E-state index contributed by atoms with van der Waals surface area (Å²) in [5.41, 5.74) is 1.38. The van der Waals surface area contributed by atoms with Crippen LogP contribution in [0.4, 0.5) is 0 Å². The van der Waals surface area contributed by atoms with Crippen molar-refractivity contribution >= 4 is 16.7 Å². The zero-order valence-corrected chi connectivity index (χ0v) is 21.3. The van der Waals surface area contributed by atoms with E-state index in [0.717, 1.165) is 13.0 Å². The first-order valence-corrected chi connectivity index (χ1v) is 12.9. The molecular weight excluding hydrogens is 418 g/mol. The summed E-state index contributed by atoms with van der Waals surface area (Å²) in [5.74, 6) is 0.650. The molecule has 1 fully saturated rings. The second-order valence-electron chi connectivity index (χ2n) is 10.1. The lowest BCUT2D eigenvalue weighted by Crippen LogP contribution is -2.36. The maximum absolute atomic E-state index is 12.6. The molecule has 1 amide bonds. The number of carbonyl (C=O) groups is 1. The van der Waals surface area contributed by atoms with Crippen molar-refractivity contribution in [1.82, 2.24) is 15.5 Å². The van der Waals surface area contributed by atoms with Crippen molar-refractivity contribution in [2.75, 3.05) is 27.2 Å². The lowest BCUT2D eigenvalue weighted by Gasteiger charge is -2.32. The van der Waals surface area contributed by atoms with Crippen LogP contribution < -0.4 is 10.6 Å². The summed E-state index contributed by atoms with van der Waals surface area (Å²) in [6.45, 7) is 7.66. The smallest absolute Gasteiger partial charge is 0.227 e. The van der Waals surface area contributed by atoms with Crippen molar-refractivity contribution < 1.29 is 7.65 Å². The number of allylic oxidation sites excluding steroid dienone is 2. The molecule has 3 unspecified atom stereocenters. The van der Waals surface area contributed by atoms with Crippen LogP contribution in [0.15, 0.2) is 67.3 Å². The van der Waals surface area contributed by atoms with Gasteiger partial charge in [0.25, 0.3) is 0 Å². The Balaban J connectivity index is 0.00000324. The first-order valence-electron chi connectivity index (χ1n) is 12.9. The lowest BCUT2D eigenvalue weighted by atomic mass is 9.83. The van der Waals surface area contributed by atoms with Crippen LogP contribution in [-0.4, -0.2) is 44.0 Å². The summed E-state index contributed by atoms with van der Waals surface area (Å²) < 4.78 is 0. The monoisotopic (exact) mass is 465 g/mol. The Morgan fingerprint density at radius 3 is 2.79 bits per heavy atom. The first kappa shape index (κ1) is 26.2. The van der Waals surface area contributed by atoms with Crippen molar-refractivity contribution in [3.8, 4) is 0 Å². The van der Waals surface area contributed by atoms with Crippen LogP contribution in [0.3, 0.4) is 0 Å². The Hall–Kier alpha value is -2.43. The van der Waals surface area contributed by atoms with E-state index < -0.39 is 0 Å². The van der Waals surface area contributed by atoms with E-state index in [9.17, 15) is 4.79 Å². The third kappa shape index (κ3) is 7.82. The van der Waals surface area contributed by atoms with Crippen LogP contribution in [0.2, 0.25) is 0 Å². The van der Waals surface area contributed by atoms with Crippen molar-refractivity contribution in [2.45, 2.75) is 57.5 Å². The van der Waals surface area contributed by atoms with E-state index in [0.29, 0.717) is 31.0 Å². The van der Waals surface area contributed by atoms with Crippen molar-refractivity contribution in [3.63, 3.8) is 0 Å². The zero-order valence-electron chi connectivity index (χ0n) is 21.3. The summed E-state index contributed by atoms with van der Waals surface area (Å²) in [6.07, 6.45) is 12.9. The van der Waals surface area contributed by atoms with E-state index in [-0.39, 0.29) is 14.7 Å². The summed E-state index contributed by atoms with van der Waals surface area (Å²) >= 11 is 0. The maximum atomic E-state index is 12.6. The standard InChI is InChI=1S/C30H43N3O.2H2/c1-5-11-26(30(34)31-20-21-33(3)4)16-8-12-24-13-9-17-27(22-24)32-23(2)28-19-10-15-25-14-6-7-18-29(25)28;;/h5-8,10,14-16,18-19,23-24,26-27,32H,1,9,11-13,17,20-22H2,2-4H3,(H,31,34);2*1H/b16-8-;;/t23-,24?,26?,27?;;/m1../s1. The molecule has 0 spiro atoms. The molecule has 0 saturated heterocycles. The third-order valence-electron chi connectivity index (χ3n) is 7.01. The zero-order chi connectivity index (χ0) is 24.3. The summed E-state index contributed by atoms with van der Waals surface area (Å²) in [6, 6.07) is 16.1.